The first-order valence-electron chi connectivity index (χ1n) is 31.6. The smallest absolute Gasteiger partial charge is 0.361 e. The van der Waals surface area contributed by atoms with Gasteiger partial charge in [0.25, 0.3) is 6.29 Å². The Balaban J connectivity index is 4.32. The molecule has 0 aliphatic carbocycles. The minimum Gasteiger partial charge on any atom is -0.477 e. The largest absolute Gasteiger partial charge is 0.477 e. The van der Waals surface area contributed by atoms with Crippen molar-refractivity contribution in [2.75, 3.05) is 47.5 Å². The van der Waals surface area contributed by atoms with Crippen molar-refractivity contribution < 1.29 is 42.9 Å². The Labute approximate surface area is 479 Å². The normalized spacial score (nSPS) is 13.5. The second-order valence-corrected chi connectivity index (χ2v) is 22.0. The molecule has 0 saturated heterocycles. The average molecular weight is 1090 g/mol. The number of carboxylic acid groups (broad SMARTS) is 1. The molecule has 0 fully saturated rings. The highest BCUT2D eigenvalue weighted by Crippen LogP contribution is 2.17. The second kappa shape index (κ2) is 59.1. The van der Waals surface area contributed by atoms with Crippen molar-refractivity contribution >= 4 is 17.9 Å². The van der Waals surface area contributed by atoms with E-state index in [4.69, 9.17) is 18.9 Å². The lowest BCUT2D eigenvalue weighted by molar-refractivity contribution is -0.870. The lowest BCUT2D eigenvalue weighted by atomic mass is 10.0. The van der Waals surface area contributed by atoms with E-state index in [9.17, 15) is 19.5 Å². The second-order valence-electron chi connectivity index (χ2n) is 22.0. The van der Waals surface area contributed by atoms with Crippen molar-refractivity contribution in [1.82, 2.24) is 0 Å². The van der Waals surface area contributed by atoms with E-state index < -0.39 is 24.3 Å². The van der Waals surface area contributed by atoms with Crippen LogP contribution in [0, 0.1) is 0 Å². The van der Waals surface area contributed by atoms with Crippen molar-refractivity contribution in [3.8, 4) is 0 Å². The third kappa shape index (κ3) is 59.6. The van der Waals surface area contributed by atoms with Gasteiger partial charge in [0.1, 0.15) is 13.2 Å². The summed E-state index contributed by atoms with van der Waals surface area (Å²) in [4.78, 5) is 37.5. The maximum Gasteiger partial charge on any atom is 0.361 e. The Hall–Kier alpha value is -4.05. The molecule has 9 nitrogen and oxygen atoms in total. The van der Waals surface area contributed by atoms with Crippen LogP contribution in [0.2, 0.25) is 0 Å². The topological polar surface area (TPSA) is 108 Å². The number of aliphatic carboxylic acids is 1. The van der Waals surface area contributed by atoms with Gasteiger partial charge in [0, 0.05) is 12.8 Å². The van der Waals surface area contributed by atoms with Gasteiger partial charge in [-0.25, -0.2) is 4.79 Å². The third-order valence-corrected chi connectivity index (χ3v) is 13.3. The number of hydrogen-bond acceptors (Lipinski definition) is 7. The molecule has 2 atom stereocenters. The van der Waals surface area contributed by atoms with Gasteiger partial charge in [0.15, 0.2) is 6.10 Å². The number of carbonyl (C=O) groups excluding carboxylic acids is 2. The van der Waals surface area contributed by atoms with Crippen LogP contribution in [-0.4, -0.2) is 87.4 Å². The molecular weight excluding hydrogens is 971 g/mol. The van der Waals surface area contributed by atoms with E-state index in [2.05, 4.69) is 123 Å². The van der Waals surface area contributed by atoms with Gasteiger partial charge < -0.3 is 28.5 Å². The van der Waals surface area contributed by atoms with Crippen LogP contribution in [0.15, 0.2) is 109 Å². The summed E-state index contributed by atoms with van der Waals surface area (Å²) in [6.45, 7) is 4.71. The maximum atomic E-state index is 12.9. The number of ether oxygens (including phenoxy) is 4. The van der Waals surface area contributed by atoms with E-state index >= 15 is 0 Å². The molecule has 9 heteroatoms. The number of carbonyl (C=O) groups is 3. The van der Waals surface area contributed by atoms with E-state index in [1.165, 1.54) is 135 Å². The number of nitrogens with zero attached hydrogens (tertiary/aromatic N) is 1. The minimum atomic E-state index is -1.53. The summed E-state index contributed by atoms with van der Waals surface area (Å²) in [5, 5.41) is 9.72. The summed E-state index contributed by atoms with van der Waals surface area (Å²) < 4.78 is 22.8. The van der Waals surface area contributed by atoms with Gasteiger partial charge in [-0.2, -0.15) is 0 Å². The molecule has 2 unspecified atom stereocenters. The molecule has 0 aromatic carbocycles. The van der Waals surface area contributed by atoms with Gasteiger partial charge in [-0.1, -0.05) is 271 Å². The van der Waals surface area contributed by atoms with Crippen molar-refractivity contribution in [3.05, 3.63) is 109 Å². The highest BCUT2D eigenvalue weighted by molar-refractivity contribution is 5.71. The van der Waals surface area contributed by atoms with Crippen molar-refractivity contribution in [2.24, 2.45) is 0 Å². The van der Waals surface area contributed by atoms with E-state index in [1.54, 1.807) is 0 Å². The average Bonchev–Trinajstić information content (AvgIpc) is 3.41. The summed E-state index contributed by atoms with van der Waals surface area (Å²) in [6, 6.07) is 0. The molecule has 0 aromatic heterocycles. The van der Waals surface area contributed by atoms with Gasteiger partial charge in [-0.3, -0.25) is 9.59 Å². The highest BCUT2D eigenvalue weighted by Gasteiger charge is 2.25. The number of carboxylic acids is 1. The Morgan fingerprint density at radius 1 is 0.397 bits per heavy atom. The zero-order valence-electron chi connectivity index (χ0n) is 50.8. The molecular formula is C69H118NO8+. The van der Waals surface area contributed by atoms with Gasteiger partial charge in [0.05, 0.1) is 34.4 Å². The molecule has 0 bridgehead atoms. The summed E-state index contributed by atoms with van der Waals surface area (Å²) >= 11 is 0. The molecule has 0 radical (unpaired) electrons. The van der Waals surface area contributed by atoms with Crippen LogP contribution in [0.25, 0.3) is 0 Å². The molecule has 78 heavy (non-hydrogen) atoms. The Bertz CT molecular complexity index is 1640. The summed E-state index contributed by atoms with van der Waals surface area (Å²) in [7, 11) is 5.95. The van der Waals surface area contributed by atoms with Crippen LogP contribution < -0.4 is 0 Å². The van der Waals surface area contributed by atoms with Crippen LogP contribution >= 0.6 is 0 Å². The number of allylic oxidation sites excluding steroid dienone is 18. The first kappa shape index (κ1) is 74.0. The fraction of sp³-hybridized carbons (Fsp3) is 0.696. The highest BCUT2D eigenvalue weighted by atomic mass is 16.7. The molecule has 0 spiro atoms. The summed E-state index contributed by atoms with van der Waals surface area (Å²) in [5.41, 5.74) is 0. The van der Waals surface area contributed by atoms with Gasteiger partial charge in [-0.05, 0) is 77.0 Å². The van der Waals surface area contributed by atoms with Crippen LogP contribution in [0.4, 0.5) is 0 Å². The van der Waals surface area contributed by atoms with Crippen LogP contribution in [0.3, 0.4) is 0 Å². The summed E-state index contributed by atoms with van der Waals surface area (Å²) in [5.74, 6) is -2.09. The summed E-state index contributed by atoms with van der Waals surface area (Å²) in [6.07, 6.45) is 79.0. The number of likely N-dealkylation sites (N-methyl/N-ethyl adjacent to an activating group) is 1. The van der Waals surface area contributed by atoms with E-state index in [0.717, 1.165) is 77.0 Å². The number of hydrogen-bond donors (Lipinski definition) is 1. The van der Waals surface area contributed by atoms with E-state index in [-0.39, 0.29) is 38.6 Å². The molecule has 1 N–H and O–H groups in total. The number of esters is 2. The monoisotopic (exact) mass is 1090 g/mol. The fourth-order valence-electron chi connectivity index (χ4n) is 8.49. The standard InChI is InChI=1S/C69H117NO8/c1-6-8-10-12-14-16-18-20-22-24-26-28-30-32-33-34-35-36-38-40-42-44-46-48-50-52-54-56-58-60-67(72)78-65(64-77-69(68(73)74)75-62-61-70(3,4)5)63-76-66(71)59-57-55-53-51-49-47-45-43-41-39-37-31-29-27-25-23-21-19-17-15-13-11-9-7-2/h8,10,14,16,20,22,26,28,32-33,35-36,40,42,46,48,52,54,65,69H,6-7,9,11-13,15,17-19,21,23-25,27,29-31,34,37-39,41,43-45,47,49-51,53,55-64H2,1-5H3/p+1/b10-8-,16-14-,22-20-,28-26-,33-32-,36-35-,42-40-,48-46-,54-52-. The maximum absolute atomic E-state index is 12.9. The lowest BCUT2D eigenvalue weighted by Gasteiger charge is -2.25. The number of quaternary nitrogens is 1. The van der Waals surface area contributed by atoms with Crippen LogP contribution in [-0.2, 0) is 33.3 Å². The minimum absolute atomic E-state index is 0.172. The van der Waals surface area contributed by atoms with Crippen LogP contribution in [0.1, 0.15) is 251 Å². The Morgan fingerprint density at radius 2 is 0.731 bits per heavy atom. The molecule has 0 aromatic rings. The van der Waals surface area contributed by atoms with Crippen molar-refractivity contribution in [3.63, 3.8) is 0 Å². The predicted octanol–water partition coefficient (Wildman–Crippen LogP) is 19.1. The van der Waals surface area contributed by atoms with Gasteiger partial charge in [-0.15, -0.1) is 0 Å². The van der Waals surface area contributed by atoms with E-state index in [1.807, 2.05) is 21.1 Å². The molecule has 446 valence electrons. The fourth-order valence-corrected chi connectivity index (χ4v) is 8.49. The zero-order valence-corrected chi connectivity index (χ0v) is 50.8. The quantitative estimate of drug-likeness (QED) is 0.0211. The van der Waals surface area contributed by atoms with Crippen LogP contribution in [0.5, 0.6) is 0 Å². The molecule has 0 aliphatic rings. The Kier molecular flexibility index (Phi) is 56.0. The SMILES string of the molecule is CC/C=C\C/C=C\C/C=C\C/C=C\C/C=C\C/C=C\C/C=C\C/C=C\C/C=C\CCCC(=O)OC(COC(=O)CCCCCCCCCCCCCCCCCCCCCCCCCC)COC(OCC[N+](C)(C)C)C(=O)O. The van der Waals surface area contributed by atoms with Gasteiger partial charge in [0.2, 0.25) is 0 Å². The molecule has 0 amide bonds. The van der Waals surface area contributed by atoms with Gasteiger partial charge >= 0.3 is 17.9 Å². The third-order valence-electron chi connectivity index (χ3n) is 13.3. The zero-order chi connectivity index (χ0) is 56.9. The number of rotatable bonds is 57. The molecule has 0 saturated carbocycles. The first-order chi connectivity index (χ1) is 38.1. The first-order valence-corrected chi connectivity index (χ1v) is 31.6. The molecule has 0 aliphatic heterocycles. The molecule has 0 rings (SSSR count). The molecule has 0 heterocycles. The number of unbranched alkanes of at least 4 members (excludes halogenated alkanes) is 24. The predicted molar refractivity (Wildman–Crippen MR) is 332 cm³/mol. The Morgan fingerprint density at radius 3 is 1.08 bits per heavy atom. The van der Waals surface area contributed by atoms with Crippen molar-refractivity contribution in [1.29, 1.82) is 0 Å². The van der Waals surface area contributed by atoms with Crippen molar-refractivity contribution in [2.45, 2.75) is 264 Å². The lowest BCUT2D eigenvalue weighted by Crippen LogP contribution is -2.40. The van der Waals surface area contributed by atoms with E-state index in [0.29, 0.717) is 23.9 Å².